The van der Waals surface area contributed by atoms with Gasteiger partial charge in [-0.3, -0.25) is 4.79 Å². The molecule has 0 bridgehead atoms. The minimum absolute atomic E-state index is 0.0226. The molecule has 0 radical (unpaired) electrons. The maximum Gasteiger partial charge on any atom is 0.267 e. The van der Waals surface area contributed by atoms with Gasteiger partial charge in [0, 0.05) is 18.8 Å². The van der Waals surface area contributed by atoms with E-state index in [0.29, 0.717) is 11.7 Å². The van der Waals surface area contributed by atoms with Crippen molar-refractivity contribution < 1.29 is 4.79 Å². The molecule has 3 rings (SSSR count). The average molecular weight is 247 g/mol. The number of amides is 1. The van der Waals surface area contributed by atoms with E-state index in [0.717, 1.165) is 37.4 Å². The van der Waals surface area contributed by atoms with Crippen LogP contribution >= 0.6 is 0 Å². The van der Waals surface area contributed by atoms with E-state index in [-0.39, 0.29) is 5.91 Å². The maximum atomic E-state index is 12.1. The van der Waals surface area contributed by atoms with Gasteiger partial charge >= 0.3 is 0 Å². The monoisotopic (exact) mass is 247 g/mol. The number of nitrogens with zero attached hydrogens (tertiary/aromatic N) is 1. The second-order valence-corrected chi connectivity index (χ2v) is 5.64. The van der Waals surface area contributed by atoms with Gasteiger partial charge in [-0.25, -0.2) is 0 Å². The molecule has 1 heterocycles. The van der Waals surface area contributed by atoms with E-state index in [1.54, 1.807) is 6.07 Å². The zero-order valence-corrected chi connectivity index (χ0v) is 10.7. The smallest absolute Gasteiger partial charge is 0.267 e. The van der Waals surface area contributed by atoms with Crippen molar-refractivity contribution in [2.45, 2.75) is 44.6 Å². The fourth-order valence-corrected chi connectivity index (χ4v) is 2.43. The summed E-state index contributed by atoms with van der Waals surface area (Å²) in [6, 6.07) is 2.28. The molecule has 4 nitrogen and oxygen atoms in total. The lowest BCUT2D eigenvalue weighted by Crippen LogP contribution is -2.26. The lowest BCUT2D eigenvalue weighted by molar-refractivity contribution is 0.0943. The van der Waals surface area contributed by atoms with Crippen molar-refractivity contribution in [3.05, 3.63) is 18.0 Å². The van der Waals surface area contributed by atoms with Gasteiger partial charge in [0.2, 0.25) is 0 Å². The van der Waals surface area contributed by atoms with E-state index < -0.39 is 0 Å². The Kier molecular flexibility index (Phi) is 3.02. The summed E-state index contributed by atoms with van der Waals surface area (Å²) in [4.78, 5) is 12.1. The van der Waals surface area contributed by atoms with Crippen molar-refractivity contribution in [3.8, 4) is 0 Å². The highest BCUT2D eigenvalue weighted by Crippen LogP contribution is 2.37. The number of carbonyl (C=O) groups is 1. The van der Waals surface area contributed by atoms with E-state index in [1.807, 2.05) is 10.8 Å². The Labute approximate surface area is 108 Å². The summed E-state index contributed by atoms with van der Waals surface area (Å²) in [5, 5.41) is 3.00. The molecule has 2 fully saturated rings. The van der Waals surface area contributed by atoms with Crippen LogP contribution in [-0.2, 0) is 0 Å². The van der Waals surface area contributed by atoms with Gasteiger partial charge in [0.25, 0.3) is 5.91 Å². The first-order valence-electron chi connectivity index (χ1n) is 6.99. The molecule has 1 aromatic rings. The zero-order valence-electron chi connectivity index (χ0n) is 10.7. The van der Waals surface area contributed by atoms with E-state index >= 15 is 0 Å². The molecule has 18 heavy (non-hydrogen) atoms. The summed E-state index contributed by atoms with van der Waals surface area (Å²) in [6.45, 7) is 0.783. The van der Waals surface area contributed by atoms with Crippen molar-refractivity contribution in [2.24, 2.45) is 5.92 Å². The standard InChI is InChI=1S/C14H21N3O/c15-11-8-13(17(9-11)12-5-6-12)14(18)16-7-1-2-10-3-4-10/h8-10,12H,1-7,15H2,(H,16,18). The Morgan fingerprint density at radius 1 is 1.39 bits per heavy atom. The summed E-state index contributed by atoms with van der Waals surface area (Å²) >= 11 is 0. The van der Waals surface area contributed by atoms with E-state index in [1.165, 1.54) is 19.3 Å². The van der Waals surface area contributed by atoms with Gasteiger partial charge in [0.05, 0.1) is 5.69 Å². The summed E-state index contributed by atoms with van der Waals surface area (Å²) in [6.07, 6.45) is 9.33. The highest BCUT2D eigenvalue weighted by atomic mass is 16.1. The van der Waals surface area contributed by atoms with Crippen LogP contribution in [0.1, 0.15) is 55.1 Å². The molecule has 98 valence electrons. The highest BCUT2D eigenvalue weighted by Gasteiger charge is 2.27. The van der Waals surface area contributed by atoms with Crippen molar-refractivity contribution >= 4 is 11.6 Å². The van der Waals surface area contributed by atoms with E-state index in [9.17, 15) is 4.79 Å². The molecular formula is C14H21N3O. The molecule has 0 atom stereocenters. The number of aromatic nitrogens is 1. The van der Waals surface area contributed by atoms with Crippen LogP contribution in [0.25, 0.3) is 0 Å². The molecule has 1 amide bonds. The van der Waals surface area contributed by atoms with Gasteiger partial charge < -0.3 is 15.6 Å². The number of hydrogen-bond acceptors (Lipinski definition) is 2. The van der Waals surface area contributed by atoms with Gasteiger partial charge in [-0.15, -0.1) is 0 Å². The summed E-state index contributed by atoms with van der Waals surface area (Å²) < 4.78 is 2.03. The lowest BCUT2D eigenvalue weighted by atomic mass is 10.2. The Balaban J connectivity index is 1.53. The molecule has 0 aromatic carbocycles. The second kappa shape index (κ2) is 4.67. The molecule has 0 aliphatic heterocycles. The SMILES string of the molecule is Nc1cc(C(=O)NCCCC2CC2)n(C2CC2)c1. The Morgan fingerprint density at radius 2 is 2.17 bits per heavy atom. The highest BCUT2D eigenvalue weighted by molar-refractivity contribution is 5.93. The van der Waals surface area contributed by atoms with Gasteiger partial charge in [0.1, 0.15) is 5.69 Å². The van der Waals surface area contributed by atoms with Crippen LogP contribution in [0.4, 0.5) is 5.69 Å². The number of carbonyl (C=O) groups excluding carboxylic acids is 1. The molecule has 0 saturated heterocycles. The summed E-state index contributed by atoms with van der Waals surface area (Å²) in [7, 11) is 0. The predicted molar refractivity (Wildman–Crippen MR) is 71.4 cm³/mol. The number of anilines is 1. The average Bonchev–Trinajstić information content (AvgIpc) is 3.23. The van der Waals surface area contributed by atoms with E-state index in [4.69, 9.17) is 5.73 Å². The molecule has 2 aliphatic carbocycles. The third-order valence-corrected chi connectivity index (χ3v) is 3.81. The molecule has 1 aromatic heterocycles. The maximum absolute atomic E-state index is 12.1. The van der Waals surface area contributed by atoms with Crippen LogP contribution in [0.3, 0.4) is 0 Å². The first-order valence-corrected chi connectivity index (χ1v) is 6.99. The molecule has 2 aliphatic rings. The number of nitrogens with one attached hydrogen (secondary N) is 1. The van der Waals surface area contributed by atoms with Gasteiger partial charge in [-0.2, -0.15) is 0 Å². The molecule has 3 N–H and O–H groups in total. The second-order valence-electron chi connectivity index (χ2n) is 5.64. The molecule has 4 heteroatoms. The van der Waals surface area contributed by atoms with Crippen LogP contribution in [0.5, 0.6) is 0 Å². The number of rotatable bonds is 6. The Morgan fingerprint density at radius 3 is 2.83 bits per heavy atom. The minimum Gasteiger partial charge on any atom is -0.397 e. The fraction of sp³-hybridized carbons (Fsp3) is 0.643. The number of nitrogens with two attached hydrogens (primary N) is 1. The molecule has 0 unspecified atom stereocenters. The van der Waals surface area contributed by atoms with Crippen molar-refractivity contribution in [1.82, 2.24) is 9.88 Å². The molecule has 0 spiro atoms. The van der Waals surface area contributed by atoms with Crippen LogP contribution in [0, 0.1) is 5.92 Å². The van der Waals surface area contributed by atoms with Crippen molar-refractivity contribution in [2.75, 3.05) is 12.3 Å². The Hall–Kier alpha value is -1.45. The van der Waals surface area contributed by atoms with Gasteiger partial charge in [0.15, 0.2) is 0 Å². The van der Waals surface area contributed by atoms with Crippen LogP contribution in [0.15, 0.2) is 12.3 Å². The topological polar surface area (TPSA) is 60.1 Å². The summed E-state index contributed by atoms with van der Waals surface area (Å²) in [5.41, 5.74) is 7.19. The Bertz CT molecular complexity index is 444. The largest absolute Gasteiger partial charge is 0.397 e. The quantitative estimate of drug-likeness (QED) is 0.758. The van der Waals surface area contributed by atoms with E-state index in [2.05, 4.69) is 5.32 Å². The number of nitrogen functional groups attached to an aromatic ring is 1. The first-order chi connectivity index (χ1) is 8.74. The summed E-state index contributed by atoms with van der Waals surface area (Å²) in [5.74, 6) is 0.960. The van der Waals surface area contributed by atoms with Crippen LogP contribution in [0.2, 0.25) is 0 Å². The van der Waals surface area contributed by atoms with Crippen molar-refractivity contribution in [1.29, 1.82) is 0 Å². The molecular weight excluding hydrogens is 226 g/mol. The number of hydrogen-bond donors (Lipinski definition) is 2. The van der Waals surface area contributed by atoms with Crippen molar-refractivity contribution in [3.63, 3.8) is 0 Å². The van der Waals surface area contributed by atoms with Gasteiger partial charge in [-0.05, 0) is 37.7 Å². The first kappa shape index (κ1) is 11.6. The van der Waals surface area contributed by atoms with Crippen LogP contribution < -0.4 is 11.1 Å². The predicted octanol–water partition coefficient (Wildman–Crippen LogP) is 2.33. The minimum atomic E-state index is 0.0226. The zero-order chi connectivity index (χ0) is 12.5. The van der Waals surface area contributed by atoms with Crippen LogP contribution in [-0.4, -0.2) is 17.0 Å². The third kappa shape index (κ3) is 2.68. The molecule has 2 saturated carbocycles. The normalized spacial score (nSPS) is 18.9. The third-order valence-electron chi connectivity index (χ3n) is 3.81. The fourth-order valence-electron chi connectivity index (χ4n) is 2.43. The van der Waals surface area contributed by atoms with Gasteiger partial charge in [-0.1, -0.05) is 12.8 Å². The lowest BCUT2D eigenvalue weighted by Gasteiger charge is -2.08.